The molecular weight excluding hydrogens is 461 g/mol. The summed E-state index contributed by atoms with van der Waals surface area (Å²) in [7, 11) is 0. The average Bonchev–Trinajstić information content (AvgIpc) is 2.93. The van der Waals surface area contributed by atoms with E-state index < -0.39 is 10.3 Å². The molecule has 2 fully saturated rings. The summed E-state index contributed by atoms with van der Waals surface area (Å²) in [6.45, 7) is 2.92. The van der Waals surface area contributed by atoms with Crippen molar-refractivity contribution in [3.05, 3.63) is 82.4 Å². The quantitative estimate of drug-likeness (QED) is 0.394. The predicted molar refractivity (Wildman–Crippen MR) is 135 cm³/mol. The van der Waals surface area contributed by atoms with Gasteiger partial charge in [0.15, 0.2) is 0 Å². The monoisotopic (exact) mass is 487 g/mol. The van der Waals surface area contributed by atoms with Crippen molar-refractivity contribution in [2.45, 2.75) is 18.3 Å². The third-order valence-electron chi connectivity index (χ3n) is 7.20. The molecule has 0 N–H and O–H groups in total. The molecule has 9 nitrogen and oxygen atoms in total. The summed E-state index contributed by atoms with van der Waals surface area (Å²) in [5.41, 5.74) is 0.757. The second-order valence-corrected chi connectivity index (χ2v) is 9.10. The fourth-order valence-corrected chi connectivity index (χ4v) is 5.18. The Kier molecular flexibility index (Phi) is 6.38. The first-order valence-corrected chi connectivity index (χ1v) is 12.0. The van der Waals surface area contributed by atoms with Crippen LogP contribution in [0.25, 0.3) is 0 Å². The Morgan fingerprint density at radius 1 is 0.861 bits per heavy atom. The number of rotatable bonds is 5. The van der Waals surface area contributed by atoms with Crippen molar-refractivity contribution in [1.29, 1.82) is 5.26 Å². The number of hydrogen-bond acceptors (Lipinski definition) is 8. The molecule has 0 aliphatic carbocycles. The van der Waals surface area contributed by atoms with E-state index in [1.54, 1.807) is 18.2 Å². The number of nitriles is 1. The number of nitro groups is 1. The summed E-state index contributed by atoms with van der Waals surface area (Å²) in [6.07, 6.45) is 2.46. The van der Waals surface area contributed by atoms with Crippen molar-refractivity contribution in [2.75, 3.05) is 54.0 Å². The summed E-state index contributed by atoms with van der Waals surface area (Å²) in [4.78, 5) is 26.1. The topological polar surface area (TPSA) is 102 Å². The Balaban J connectivity index is 1.35. The third kappa shape index (κ3) is 4.28. The summed E-state index contributed by atoms with van der Waals surface area (Å²) in [6, 6.07) is 18.8. The minimum atomic E-state index is -0.620. The van der Waals surface area contributed by atoms with Gasteiger partial charge in [0.1, 0.15) is 12.1 Å². The first-order valence-electron chi connectivity index (χ1n) is 12.0. The van der Waals surface area contributed by atoms with Crippen LogP contribution >= 0.6 is 0 Å². The van der Waals surface area contributed by atoms with Crippen molar-refractivity contribution < 1.29 is 9.31 Å². The van der Waals surface area contributed by atoms with Gasteiger partial charge in [-0.25, -0.2) is 14.4 Å². The van der Waals surface area contributed by atoms with E-state index in [1.807, 2.05) is 45.0 Å². The lowest BCUT2D eigenvalue weighted by atomic mass is 9.74. The number of benzene rings is 2. The minimum absolute atomic E-state index is 0.124. The smallest absolute Gasteiger partial charge is 0.353 e. The largest absolute Gasteiger partial charge is 0.366 e. The zero-order chi connectivity index (χ0) is 25.1. The summed E-state index contributed by atoms with van der Waals surface area (Å²) >= 11 is 0. The van der Waals surface area contributed by atoms with Gasteiger partial charge < -0.3 is 14.7 Å². The van der Waals surface area contributed by atoms with Crippen LogP contribution in [-0.4, -0.2) is 54.2 Å². The molecule has 0 saturated carbocycles. The standard InChI is InChI=1S/C26H26FN7O2/c27-21-8-4-5-9-22(21)31-14-16-33(17-15-31)25-23(34(35)36)24(29-19-30-25)32-12-10-26(18-28,11-13-32)20-6-2-1-3-7-20/h1-9,19H,10-17H2. The molecule has 2 aliphatic heterocycles. The molecule has 2 aliphatic rings. The number of nitrogens with zero attached hydrogens (tertiary/aromatic N) is 7. The molecule has 0 unspecified atom stereocenters. The van der Waals surface area contributed by atoms with Crippen molar-refractivity contribution in [3.63, 3.8) is 0 Å². The molecule has 0 radical (unpaired) electrons. The van der Waals surface area contributed by atoms with Crippen molar-refractivity contribution >= 4 is 23.0 Å². The highest BCUT2D eigenvalue weighted by Gasteiger charge is 2.39. The molecule has 184 valence electrons. The van der Waals surface area contributed by atoms with Gasteiger partial charge in [0.2, 0.25) is 11.6 Å². The number of anilines is 3. The van der Waals surface area contributed by atoms with Crippen molar-refractivity contribution in [1.82, 2.24) is 9.97 Å². The van der Waals surface area contributed by atoms with Gasteiger partial charge in [-0.05, 0) is 30.5 Å². The molecule has 10 heteroatoms. The lowest BCUT2D eigenvalue weighted by Gasteiger charge is -2.39. The number of piperidine rings is 1. The molecule has 3 aromatic rings. The van der Waals surface area contributed by atoms with Crippen LogP contribution in [0, 0.1) is 27.3 Å². The Bertz CT molecular complexity index is 1280. The third-order valence-corrected chi connectivity index (χ3v) is 7.20. The van der Waals surface area contributed by atoms with Gasteiger partial charge in [-0.3, -0.25) is 10.1 Å². The highest BCUT2D eigenvalue weighted by atomic mass is 19.1. The number of para-hydroxylation sites is 1. The van der Waals surface area contributed by atoms with E-state index in [1.165, 1.54) is 12.4 Å². The van der Waals surface area contributed by atoms with Gasteiger partial charge >= 0.3 is 5.69 Å². The SMILES string of the molecule is N#CC1(c2ccccc2)CCN(c2ncnc(N3CCN(c4ccccc4F)CC3)c2[N+](=O)[O-])CC1. The molecule has 0 spiro atoms. The molecular formula is C26H26FN7O2. The molecule has 0 bridgehead atoms. The van der Waals surface area contributed by atoms with Crippen LogP contribution in [0.1, 0.15) is 18.4 Å². The van der Waals surface area contributed by atoms with Crippen molar-refractivity contribution in [2.24, 2.45) is 0 Å². The van der Waals surface area contributed by atoms with E-state index >= 15 is 0 Å². The molecule has 0 atom stereocenters. The van der Waals surface area contributed by atoms with Crippen LogP contribution < -0.4 is 14.7 Å². The van der Waals surface area contributed by atoms with E-state index in [4.69, 9.17) is 0 Å². The lowest BCUT2D eigenvalue weighted by molar-refractivity contribution is -0.383. The van der Waals surface area contributed by atoms with E-state index in [0.29, 0.717) is 57.8 Å². The van der Waals surface area contributed by atoms with E-state index in [9.17, 15) is 19.8 Å². The molecule has 0 amide bonds. The van der Waals surface area contributed by atoms with Gasteiger partial charge in [-0.15, -0.1) is 0 Å². The Labute approximate surface area is 208 Å². The lowest BCUT2D eigenvalue weighted by Crippen LogP contribution is -2.47. The maximum absolute atomic E-state index is 14.2. The predicted octanol–water partition coefficient (Wildman–Crippen LogP) is 3.91. The van der Waals surface area contributed by atoms with E-state index in [0.717, 1.165) is 5.56 Å². The number of halogens is 1. The molecule has 1 aromatic heterocycles. The highest BCUT2D eigenvalue weighted by molar-refractivity contribution is 5.72. The van der Waals surface area contributed by atoms with Crippen LogP contribution in [0.2, 0.25) is 0 Å². The van der Waals surface area contributed by atoms with Crippen LogP contribution in [0.15, 0.2) is 60.9 Å². The Hall–Kier alpha value is -4.26. The number of aromatic nitrogens is 2. The minimum Gasteiger partial charge on any atom is -0.366 e. The number of piperazine rings is 1. The normalized spacial score (nSPS) is 17.5. The molecule has 36 heavy (non-hydrogen) atoms. The molecule has 5 rings (SSSR count). The fourth-order valence-electron chi connectivity index (χ4n) is 5.18. The van der Waals surface area contributed by atoms with E-state index in [2.05, 4.69) is 16.0 Å². The van der Waals surface area contributed by atoms with Crippen LogP contribution in [0.4, 0.5) is 27.4 Å². The Morgan fingerprint density at radius 3 is 2.00 bits per heavy atom. The second kappa shape index (κ2) is 9.77. The van der Waals surface area contributed by atoms with Crippen LogP contribution in [-0.2, 0) is 5.41 Å². The molecule has 2 aromatic carbocycles. The van der Waals surface area contributed by atoms with Crippen LogP contribution in [0.3, 0.4) is 0 Å². The first-order chi connectivity index (χ1) is 17.5. The zero-order valence-corrected chi connectivity index (χ0v) is 19.8. The van der Waals surface area contributed by atoms with Gasteiger partial charge in [0, 0.05) is 39.3 Å². The van der Waals surface area contributed by atoms with Crippen molar-refractivity contribution in [3.8, 4) is 6.07 Å². The van der Waals surface area contributed by atoms with Gasteiger partial charge in [-0.1, -0.05) is 42.5 Å². The zero-order valence-electron chi connectivity index (χ0n) is 19.8. The summed E-state index contributed by atoms with van der Waals surface area (Å²) in [5, 5.41) is 22.2. The highest BCUT2D eigenvalue weighted by Crippen LogP contribution is 2.40. The van der Waals surface area contributed by atoms with E-state index in [-0.39, 0.29) is 23.1 Å². The second-order valence-electron chi connectivity index (χ2n) is 9.10. The van der Waals surface area contributed by atoms with Crippen LogP contribution in [0.5, 0.6) is 0 Å². The maximum atomic E-state index is 14.2. The first kappa shape index (κ1) is 23.5. The number of hydrogen-bond donors (Lipinski definition) is 0. The summed E-state index contributed by atoms with van der Waals surface area (Å²) < 4.78 is 14.2. The Morgan fingerprint density at radius 2 is 1.42 bits per heavy atom. The van der Waals surface area contributed by atoms with Gasteiger partial charge in [0.25, 0.3) is 0 Å². The fraction of sp³-hybridized carbons (Fsp3) is 0.346. The molecule has 2 saturated heterocycles. The average molecular weight is 488 g/mol. The maximum Gasteiger partial charge on any atom is 0.353 e. The van der Waals surface area contributed by atoms with Gasteiger partial charge in [-0.2, -0.15) is 5.26 Å². The van der Waals surface area contributed by atoms with Gasteiger partial charge in [0.05, 0.1) is 22.1 Å². The summed E-state index contributed by atoms with van der Waals surface area (Å²) in [5.74, 6) is 0.273. The molecule has 3 heterocycles.